The van der Waals surface area contributed by atoms with Crippen LogP contribution in [0.15, 0.2) is 29.3 Å². The minimum absolute atomic E-state index is 0.0835. The molecule has 1 aliphatic rings. The van der Waals surface area contributed by atoms with Crippen LogP contribution in [0.5, 0.6) is 5.75 Å². The molecule has 3 heteroatoms. The summed E-state index contributed by atoms with van der Waals surface area (Å²) in [7, 11) is 0. The van der Waals surface area contributed by atoms with Crippen LogP contribution in [0.4, 0.5) is 0 Å². The van der Waals surface area contributed by atoms with Crippen LogP contribution in [-0.4, -0.2) is 12.4 Å². The largest absolute Gasteiger partial charge is 0.489 e. The van der Waals surface area contributed by atoms with E-state index < -0.39 is 0 Å². The Morgan fingerprint density at radius 3 is 2.94 bits per heavy atom. The second-order valence-electron chi connectivity index (χ2n) is 3.93. The Morgan fingerprint density at radius 2 is 2.25 bits per heavy atom. The molecule has 0 fully saturated rings. The van der Waals surface area contributed by atoms with E-state index in [2.05, 4.69) is 0 Å². The van der Waals surface area contributed by atoms with Crippen molar-refractivity contribution >= 4 is 17.4 Å². The van der Waals surface area contributed by atoms with Gasteiger partial charge in [-0.25, -0.2) is 0 Å². The van der Waals surface area contributed by atoms with Gasteiger partial charge in [-0.3, -0.25) is 4.79 Å². The summed E-state index contributed by atoms with van der Waals surface area (Å²) in [4.78, 5) is 11.3. The number of carbonyl (C=O) groups is 1. The van der Waals surface area contributed by atoms with Crippen LogP contribution >= 0.6 is 11.6 Å². The third kappa shape index (κ3) is 2.27. The molecular weight excluding hydrogens is 224 g/mol. The lowest BCUT2D eigenvalue weighted by Crippen LogP contribution is -1.99. The molecule has 0 atom stereocenters. The maximum absolute atomic E-state index is 11.3. The quantitative estimate of drug-likeness (QED) is 0.699. The zero-order valence-electron chi connectivity index (χ0n) is 9.13. The fourth-order valence-corrected chi connectivity index (χ4v) is 1.93. The molecule has 0 unspecified atom stereocenters. The number of benzene rings is 1. The smallest absolute Gasteiger partial charge is 0.159 e. The Morgan fingerprint density at radius 1 is 1.44 bits per heavy atom. The molecule has 1 aromatic carbocycles. The number of ketones is 1. The summed E-state index contributed by atoms with van der Waals surface area (Å²) in [6.07, 6.45) is 1.76. The summed E-state index contributed by atoms with van der Waals surface area (Å²) >= 11 is 5.68. The lowest BCUT2D eigenvalue weighted by atomic mass is 10.0. The lowest BCUT2D eigenvalue weighted by molar-refractivity contribution is 0.101. The van der Waals surface area contributed by atoms with Gasteiger partial charge in [0.2, 0.25) is 0 Å². The SMILES string of the molecule is CC(=O)c1ccc2c(c1)CC/C(=C/Cl)CO2. The number of carbonyl (C=O) groups excluding carboxylic acids is 1. The van der Waals surface area contributed by atoms with Gasteiger partial charge in [-0.05, 0) is 49.1 Å². The molecule has 2 nitrogen and oxygen atoms in total. The molecule has 84 valence electrons. The molecule has 16 heavy (non-hydrogen) atoms. The van der Waals surface area contributed by atoms with Gasteiger partial charge in [-0.15, -0.1) is 0 Å². The summed E-state index contributed by atoms with van der Waals surface area (Å²) in [5.74, 6) is 0.943. The molecule has 0 amide bonds. The van der Waals surface area contributed by atoms with Crippen molar-refractivity contribution in [2.45, 2.75) is 19.8 Å². The van der Waals surface area contributed by atoms with Crippen LogP contribution in [0, 0.1) is 0 Å². The number of fused-ring (bicyclic) bond motifs is 1. The van der Waals surface area contributed by atoms with Crippen LogP contribution in [-0.2, 0) is 6.42 Å². The van der Waals surface area contributed by atoms with Crippen molar-refractivity contribution in [3.63, 3.8) is 0 Å². The maximum Gasteiger partial charge on any atom is 0.159 e. The highest BCUT2D eigenvalue weighted by Crippen LogP contribution is 2.27. The van der Waals surface area contributed by atoms with E-state index in [1.165, 1.54) is 0 Å². The van der Waals surface area contributed by atoms with Gasteiger partial charge < -0.3 is 4.74 Å². The van der Waals surface area contributed by atoms with E-state index in [1.54, 1.807) is 18.5 Å². The average molecular weight is 237 g/mol. The molecule has 1 aromatic rings. The van der Waals surface area contributed by atoms with E-state index in [-0.39, 0.29) is 5.78 Å². The fourth-order valence-electron chi connectivity index (χ4n) is 1.76. The molecule has 0 spiro atoms. The van der Waals surface area contributed by atoms with Crippen molar-refractivity contribution in [2.24, 2.45) is 0 Å². The highest BCUT2D eigenvalue weighted by atomic mass is 35.5. The number of Topliss-reactive ketones (excluding diaryl/α,β-unsaturated/α-hetero) is 1. The minimum atomic E-state index is 0.0835. The van der Waals surface area contributed by atoms with Crippen molar-refractivity contribution in [1.29, 1.82) is 0 Å². The van der Waals surface area contributed by atoms with Crippen LogP contribution in [0.1, 0.15) is 29.3 Å². The van der Waals surface area contributed by atoms with E-state index in [0.29, 0.717) is 6.61 Å². The first-order chi connectivity index (χ1) is 7.70. The highest BCUT2D eigenvalue weighted by molar-refractivity contribution is 6.25. The number of hydrogen-bond acceptors (Lipinski definition) is 2. The number of aryl methyl sites for hydroxylation is 1. The van der Waals surface area contributed by atoms with E-state index in [0.717, 1.165) is 35.3 Å². The molecule has 0 N–H and O–H groups in total. The summed E-state index contributed by atoms with van der Waals surface area (Å²) in [6, 6.07) is 5.58. The van der Waals surface area contributed by atoms with Gasteiger partial charge in [-0.2, -0.15) is 0 Å². The number of rotatable bonds is 1. The second kappa shape index (κ2) is 4.71. The first-order valence-corrected chi connectivity index (χ1v) is 5.69. The number of hydrogen-bond donors (Lipinski definition) is 0. The summed E-state index contributed by atoms with van der Waals surface area (Å²) in [5, 5.41) is 0. The summed E-state index contributed by atoms with van der Waals surface area (Å²) in [5.41, 5.74) is 4.49. The molecule has 2 rings (SSSR count). The summed E-state index contributed by atoms with van der Waals surface area (Å²) in [6.45, 7) is 2.11. The number of halogens is 1. The normalized spacial score (nSPS) is 17.5. The summed E-state index contributed by atoms with van der Waals surface area (Å²) < 4.78 is 5.62. The van der Waals surface area contributed by atoms with E-state index in [4.69, 9.17) is 16.3 Å². The molecule has 0 aromatic heterocycles. The molecule has 1 heterocycles. The van der Waals surface area contributed by atoms with E-state index in [9.17, 15) is 4.79 Å². The predicted octanol–water partition coefficient (Wildman–Crippen LogP) is 3.34. The van der Waals surface area contributed by atoms with Crippen LogP contribution < -0.4 is 4.74 Å². The molecule has 0 aliphatic carbocycles. The molecular formula is C13H13ClO2. The van der Waals surface area contributed by atoms with Crippen LogP contribution in [0.2, 0.25) is 0 Å². The minimum Gasteiger partial charge on any atom is -0.489 e. The van der Waals surface area contributed by atoms with Crippen molar-refractivity contribution in [3.05, 3.63) is 40.4 Å². The second-order valence-corrected chi connectivity index (χ2v) is 4.15. The van der Waals surface area contributed by atoms with Gasteiger partial charge in [0.05, 0.1) is 0 Å². The van der Waals surface area contributed by atoms with Crippen molar-refractivity contribution in [3.8, 4) is 5.75 Å². The van der Waals surface area contributed by atoms with Crippen LogP contribution in [0.3, 0.4) is 0 Å². The monoisotopic (exact) mass is 236 g/mol. The first-order valence-electron chi connectivity index (χ1n) is 5.25. The molecule has 1 aliphatic heterocycles. The number of ether oxygens (including phenoxy) is 1. The Bertz CT molecular complexity index is 449. The molecule has 0 saturated carbocycles. The standard InChI is InChI=1S/C13H13ClO2/c1-9(15)11-4-5-13-12(6-11)3-2-10(7-14)8-16-13/h4-7H,2-3,8H2,1H3/b10-7-. The molecule has 0 bridgehead atoms. The van der Waals surface area contributed by atoms with Crippen molar-refractivity contribution in [2.75, 3.05) is 6.61 Å². The van der Waals surface area contributed by atoms with Gasteiger partial charge in [0.1, 0.15) is 12.4 Å². The average Bonchev–Trinajstić information content (AvgIpc) is 2.50. The Kier molecular flexibility index (Phi) is 3.30. The third-order valence-electron chi connectivity index (χ3n) is 2.75. The Hall–Kier alpha value is -1.28. The zero-order valence-corrected chi connectivity index (χ0v) is 9.88. The molecule has 0 radical (unpaired) electrons. The fraction of sp³-hybridized carbons (Fsp3) is 0.308. The van der Waals surface area contributed by atoms with Crippen LogP contribution in [0.25, 0.3) is 0 Å². The highest BCUT2D eigenvalue weighted by Gasteiger charge is 2.13. The predicted molar refractivity (Wildman–Crippen MR) is 64.2 cm³/mol. The van der Waals surface area contributed by atoms with Gasteiger partial charge in [-0.1, -0.05) is 11.6 Å². The van der Waals surface area contributed by atoms with Gasteiger partial charge >= 0.3 is 0 Å². The topological polar surface area (TPSA) is 26.3 Å². The lowest BCUT2D eigenvalue weighted by Gasteiger charge is -2.07. The van der Waals surface area contributed by atoms with Gasteiger partial charge in [0.15, 0.2) is 5.78 Å². The Balaban J connectivity index is 2.32. The first kappa shape index (κ1) is 11.2. The van der Waals surface area contributed by atoms with E-state index in [1.807, 2.05) is 12.1 Å². The molecule has 0 saturated heterocycles. The van der Waals surface area contributed by atoms with Crippen molar-refractivity contribution < 1.29 is 9.53 Å². The zero-order chi connectivity index (χ0) is 11.5. The van der Waals surface area contributed by atoms with Crippen molar-refractivity contribution in [1.82, 2.24) is 0 Å². The third-order valence-corrected chi connectivity index (χ3v) is 3.06. The Labute approximate surface area is 99.9 Å². The maximum atomic E-state index is 11.3. The van der Waals surface area contributed by atoms with E-state index >= 15 is 0 Å². The van der Waals surface area contributed by atoms with Gasteiger partial charge in [0, 0.05) is 11.1 Å². The van der Waals surface area contributed by atoms with Gasteiger partial charge in [0.25, 0.3) is 0 Å².